The molecule has 0 saturated carbocycles. The van der Waals surface area contributed by atoms with Crippen molar-refractivity contribution in [2.45, 2.75) is 87.5 Å². The number of rotatable bonds is 7. The van der Waals surface area contributed by atoms with Crippen LogP contribution in [-0.2, 0) is 6.42 Å². The summed E-state index contributed by atoms with van der Waals surface area (Å²) in [4.78, 5) is 18.2. The normalized spacial score (nSPS) is 29.6. The molecule has 1 aliphatic carbocycles. The summed E-state index contributed by atoms with van der Waals surface area (Å²) in [5.41, 5.74) is 1.22. The number of halogens is 4. The average Bonchev–Trinajstić information content (AvgIpc) is 3.73. The Hall–Kier alpha value is -3.25. The summed E-state index contributed by atoms with van der Waals surface area (Å²) >= 11 is 0. The zero-order valence-corrected chi connectivity index (χ0v) is 24.4. The number of hydrogen-bond acceptors (Lipinski definition) is 8. The van der Waals surface area contributed by atoms with Crippen molar-refractivity contribution in [3.8, 4) is 23.0 Å². The van der Waals surface area contributed by atoms with E-state index in [0.29, 0.717) is 73.3 Å². The first-order chi connectivity index (χ1) is 21.3. The Morgan fingerprint density at radius 1 is 1.11 bits per heavy atom. The number of alkyl halides is 3. The lowest BCUT2D eigenvalue weighted by Crippen LogP contribution is -2.51. The number of anilines is 1. The maximum Gasteiger partial charge on any atom is 0.319 e. The van der Waals surface area contributed by atoms with Crippen molar-refractivity contribution in [1.82, 2.24) is 25.2 Å². The van der Waals surface area contributed by atoms with Crippen LogP contribution in [0.2, 0.25) is 0 Å². The van der Waals surface area contributed by atoms with Crippen LogP contribution < -0.4 is 15.0 Å². The van der Waals surface area contributed by atoms with E-state index >= 15 is 4.39 Å². The minimum absolute atomic E-state index is 0.0228. The quantitative estimate of drug-likeness (QED) is 0.356. The van der Waals surface area contributed by atoms with E-state index in [-0.39, 0.29) is 36.0 Å². The lowest BCUT2D eigenvalue weighted by Gasteiger charge is -2.34. The third-order valence-corrected chi connectivity index (χ3v) is 10.5. The van der Waals surface area contributed by atoms with Crippen molar-refractivity contribution >= 4 is 16.7 Å². The summed E-state index contributed by atoms with van der Waals surface area (Å²) in [7, 11) is 0. The minimum atomic E-state index is -2.51. The average molecular weight is 613 g/mol. The number of ether oxygens (including phenoxy) is 1. The number of hydrogen-bond donors (Lipinski definition) is 2. The predicted octanol–water partition coefficient (Wildman–Crippen LogP) is 5.12. The second-order valence-corrected chi connectivity index (χ2v) is 13.3. The van der Waals surface area contributed by atoms with Crippen LogP contribution in [0.15, 0.2) is 18.3 Å². The number of aromatic hydroxyl groups is 1. The first-order valence-electron chi connectivity index (χ1n) is 15.8. The second-order valence-electron chi connectivity index (χ2n) is 13.3. The van der Waals surface area contributed by atoms with Gasteiger partial charge in [-0.25, -0.2) is 17.6 Å². The molecule has 4 fully saturated rings. The third-order valence-electron chi connectivity index (χ3n) is 10.5. The van der Waals surface area contributed by atoms with Crippen LogP contribution >= 0.6 is 0 Å². The predicted molar refractivity (Wildman–Crippen MR) is 157 cm³/mol. The van der Waals surface area contributed by atoms with Crippen LogP contribution in [0.5, 0.6) is 11.8 Å². The summed E-state index contributed by atoms with van der Waals surface area (Å²) in [6.45, 7) is 2.81. The molecule has 0 radical (unpaired) electrons. The largest absolute Gasteiger partial charge is 0.508 e. The highest BCUT2D eigenvalue weighted by atomic mass is 19.3. The highest BCUT2D eigenvalue weighted by molar-refractivity contribution is 5.92. The van der Waals surface area contributed by atoms with E-state index < -0.39 is 29.9 Å². The fourth-order valence-corrected chi connectivity index (χ4v) is 8.64. The van der Waals surface area contributed by atoms with E-state index in [9.17, 15) is 18.3 Å². The van der Waals surface area contributed by atoms with Gasteiger partial charge in [0.2, 0.25) is 6.43 Å². The number of aryl methyl sites for hydroxylation is 1. The van der Waals surface area contributed by atoms with Crippen molar-refractivity contribution in [2.24, 2.45) is 0 Å². The molecule has 8 rings (SSSR count). The van der Waals surface area contributed by atoms with Gasteiger partial charge in [0.05, 0.1) is 10.9 Å². The molecule has 6 heterocycles. The molecule has 8 nitrogen and oxygen atoms in total. The van der Waals surface area contributed by atoms with Crippen LogP contribution in [-0.4, -0.2) is 88.0 Å². The number of phenolic OH excluding ortho intramolecular Hbond substituents is 1. The van der Waals surface area contributed by atoms with E-state index in [1.165, 1.54) is 6.07 Å². The van der Waals surface area contributed by atoms with Gasteiger partial charge in [0.15, 0.2) is 5.82 Å². The number of phenols is 1. The van der Waals surface area contributed by atoms with Gasteiger partial charge < -0.3 is 20.1 Å². The lowest BCUT2D eigenvalue weighted by atomic mass is 9.91. The Balaban J connectivity index is 1.23. The number of pyridine rings is 1. The zero-order chi connectivity index (χ0) is 30.2. The number of piperazine rings is 1. The smallest absolute Gasteiger partial charge is 0.319 e. The van der Waals surface area contributed by atoms with Crippen LogP contribution in [0.1, 0.15) is 62.0 Å². The number of nitrogens with one attached hydrogen (secondary N) is 1. The van der Waals surface area contributed by atoms with E-state index in [1.54, 1.807) is 12.3 Å². The number of nitrogens with zero attached hydrogens (tertiary/aromatic N) is 5. The summed E-state index contributed by atoms with van der Waals surface area (Å²) in [6, 6.07) is 3.61. The fraction of sp³-hybridized carbons (Fsp3) is 0.594. The van der Waals surface area contributed by atoms with Crippen molar-refractivity contribution < 1.29 is 27.4 Å². The molecule has 0 amide bonds. The highest BCUT2D eigenvalue weighted by Crippen LogP contribution is 2.46. The fourth-order valence-electron chi connectivity index (χ4n) is 8.64. The Kier molecular flexibility index (Phi) is 6.86. The summed E-state index contributed by atoms with van der Waals surface area (Å²) in [5.74, 6) is -0.707. The number of benzene rings is 1. The van der Waals surface area contributed by atoms with Crippen molar-refractivity contribution in [3.63, 3.8) is 0 Å². The van der Waals surface area contributed by atoms with Gasteiger partial charge in [-0.2, -0.15) is 9.97 Å². The van der Waals surface area contributed by atoms with Gasteiger partial charge in [-0.15, -0.1) is 0 Å². The second kappa shape index (κ2) is 10.7. The first kappa shape index (κ1) is 28.2. The molecular formula is C32H36F4N6O2. The van der Waals surface area contributed by atoms with Crippen molar-refractivity contribution in [2.75, 3.05) is 37.7 Å². The molecule has 0 spiro atoms. The first-order valence-corrected chi connectivity index (χ1v) is 15.8. The molecule has 1 aromatic carbocycles. The Bertz CT molecular complexity index is 1600. The molecule has 1 unspecified atom stereocenters. The summed E-state index contributed by atoms with van der Waals surface area (Å²) in [5, 5.41) is 14.5. The van der Waals surface area contributed by atoms with Crippen LogP contribution in [0, 0.1) is 5.82 Å². The summed E-state index contributed by atoms with van der Waals surface area (Å²) < 4.78 is 64.4. The molecule has 5 atom stereocenters. The van der Waals surface area contributed by atoms with Crippen molar-refractivity contribution in [1.29, 1.82) is 0 Å². The van der Waals surface area contributed by atoms with Crippen molar-refractivity contribution in [3.05, 3.63) is 35.3 Å². The Morgan fingerprint density at radius 3 is 2.73 bits per heavy atom. The van der Waals surface area contributed by atoms with Gasteiger partial charge in [0.25, 0.3) is 0 Å². The Morgan fingerprint density at radius 2 is 1.93 bits per heavy atom. The zero-order valence-electron chi connectivity index (χ0n) is 24.4. The maximum absolute atomic E-state index is 16.7. The van der Waals surface area contributed by atoms with Crippen LogP contribution in [0.25, 0.3) is 22.2 Å². The molecule has 2 bridgehead atoms. The topological polar surface area (TPSA) is 86.6 Å². The molecule has 12 heteroatoms. The molecular weight excluding hydrogens is 576 g/mol. The minimum Gasteiger partial charge on any atom is -0.508 e. The van der Waals surface area contributed by atoms with Gasteiger partial charge in [-0.3, -0.25) is 9.88 Å². The highest BCUT2D eigenvalue weighted by Gasteiger charge is 2.49. The number of fused-ring (bicyclic) bond motifs is 5. The molecule has 234 valence electrons. The van der Waals surface area contributed by atoms with E-state index in [2.05, 4.69) is 25.1 Å². The Labute approximate surface area is 252 Å². The van der Waals surface area contributed by atoms with E-state index in [4.69, 9.17) is 9.72 Å². The van der Waals surface area contributed by atoms with Gasteiger partial charge in [-0.1, -0.05) is 0 Å². The molecule has 44 heavy (non-hydrogen) atoms. The maximum atomic E-state index is 16.7. The third kappa shape index (κ3) is 4.76. The van der Waals surface area contributed by atoms with Crippen LogP contribution in [0.4, 0.5) is 23.4 Å². The molecule has 2 N–H and O–H groups in total. The molecule has 3 aromatic rings. The van der Waals surface area contributed by atoms with Gasteiger partial charge in [-0.05, 0) is 74.2 Å². The monoisotopic (exact) mass is 612 g/mol. The lowest BCUT2D eigenvalue weighted by molar-refractivity contribution is 0.107. The van der Waals surface area contributed by atoms with E-state index in [1.807, 2.05) is 0 Å². The SMILES string of the molecule is Oc1cc2c(c(-c3ncc4c(N5C[C@H]6CC[C@@H](C5)N6)nc(OC[C@@]56CCCN5C[C@H](F)C6)nc4c3F)c1)C(CC(F)F)CC2. The standard InChI is InChI=1S/C32H36F4N6O2/c33-19-11-32(6-1-7-42(32)13-19)16-44-31-39-29-24(30(40-31)41-14-20-4-5-21(15-41)38-20)12-37-28(27(29)36)23-10-22(43)8-17-2-3-18(26(17)23)9-25(34)35/h8,10,12,18-21,25,38,43H,1-7,9,11,13-16H2/t18?,19-,20-,21+,32+/m1/s1. The van der Waals surface area contributed by atoms with Crippen LogP contribution in [0.3, 0.4) is 0 Å². The van der Waals surface area contributed by atoms with Gasteiger partial charge >= 0.3 is 6.01 Å². The van der Waals surface area contributed by atoms with Gasteiger partial charge in [0, 0.05) is 56.3 Å². The summed E-state index contributed by atoms with van der Waals surface area (Å²) in [6.07, 6.45) is 3.09. The molecule has 2 aromatic heterocycles. The van der Waals surface area contributed by atoms with Gasteiger partial charge in [0.1, 0.15) is 35.6 Å². The molecule has 4 aliphatic heterocycles. The molecule has 4 saturated heterocycles. The van der Waals surface area contributed by atoms with E-state index in [0.717, 1.165) is 37.8 Å². The number of aromatic nitrogens is 3. The molecule has 5 aliphatic rings.